The van der Waals surface area contributed by atoms with Crippen molar-refractivity contribution in [3.8, 4) is 11.4 Å². The average Bonchev–Trinajstić information content (AvgIpc) is 2.68. The Labute approximate surface area is 117 Å². The Hall–Kier alpha value is -0.990. The third kappa shape index (κ3) is 2.04. The quantitative estimate of drug-likeness (QED) is 0.755. The van der Waals surface area contributed by atoms with E-state index in [0.29, 0.717) is 11.1 Å². The van der Waals surface area contributed by atoms with Crippen LogP contribution in [-0.4, -0.2) is 9.55 Å². The van der Waals surface area contributed by atoms with E-state index in [1.165, 1.54) is 12.1 Å². The van der Waals surface area contributed by atoms with Gasteiger partial charge in [-0.3, -0.25) is 0 Å². The topological polar surface area (TPSA) is 17.8 Å². The first kappa shape index (κ1) is 12.1. The molecule has 1 unspecified atom stereocenters. The van der Waals surface area contributed by atoms with Gasteiger partial charge >= 0.3 is 0 Å². The summed E-state index contributed by atoms with van der Waals surface area (Å²) in [6, 6.07) is 7.76. The maximum absolute atomic E-state index is 6.25. The molecule has 1 aliphatic rings. The lowest BCUT2D eigenvalue weighted by Gasteiger charge is -2.22. The largest absolute Gasteiger partial charge is 0.327 e. The lowest BCUT2D eigenvalue weighted by Crippen LogP contribution is -2.17. The van der Waals surface area contributed by atoms with Gasteiger partial charge in [-0.05, 0) is 43.0 Å². The Kier molecular flexibility index (Phi) is 3.08. The van der Waals surface area contributed by atoms with E-state index in [9.17, 15) is 0 Å². The van der Waals surface area contributed by atoms with Crippen molar-refractivity contribution in [3.63, 3.8) is 0 Å². The van der Waals surface area contributed by atoms with E-state index in [-0.39, 0.29) is 0 Å². The van der Waals surface area contributed by atoms with Crippen LogP contribution in [0.1, 0.15) is 19.0 Å². The molecule has 2 heterocycles. The van der Waals surface area contributed by atoms with E-state index in [4.69, 9.17) is 23.2 Å². The van der Waals surface area contributed by atoms with Crippen LogP contribution < -0.4 is 0 Å². The molecule has 0 saturated carbocycles. The summed E-state index contributed by atoms with van der Waals surface area (Å²) in [4.78, 5) is 4.51. The number of nitrogens with zero attached hydrogens (tertiary/aromatic N) is 2. The van der Waals surface area contributed by atoms with Gasteiger partial charge in [0, 0.05) is 17.1 Å². The maximum Gasteiger partial charge on any atom is 0.150 e. The van der Waals surface area contributed by atoms with Gasteiger partial charge in [0.05, 0.1) is 5.69 Å². The number of halogens is 2. The fourth-order valence-electron chi connectivity index (χ4n) is 2.49. The molecule has 4 heteroatoms. The van der Waals surface area contributed by atoms with Crippen LogP contribution in [0.5, 0.6) is 0 Å². The summed E-state index contributed by atoms with van der Waals surface area (Å²) < 4.78 is 2.24. The van der Waals surface area contributed by atoms with Crippen molar-refractivity contribution < 1.29 is 0 Å². The highest BCUT2D eigenvalue weighted by Crippen LogP contribution is 2.32. The summed E-state index contributed by atoms with van der Waals surface area (Å²) in [5.41, 5.74) is 2.24. The third-order valence-electron chi connectivity index (χ3n) is 3.51. The van der Waals surface area contributed by atoms with Gasteiger partial charge in [0.25, 0.3) is 0 Å². The highest BCUT2D eigenvalue weighted by molar-refractivity contribution is 6.30. The van der Waals surface area contributed by atoms with Crippen LogP contribution in [0.2, 0.25) is 10.2 Å². The standard InChI is InChI=1S/C14H14Cl2N2/c1-9-6-7-18-12(8-9)13(16)17-14(18)10-2-4-11(15)5-3-10/h2-5,9H,6-8H2,1H3. The molecule has 1 aromatic carbocycles. The number of aromatic nitrogens is 2. The summed E-state index contributed by atoms with van der Waals surface area (Å²) in [5, 5.41) is 1.38. The molecule has 1 aromatic heterocycles. The molecule has 94 valence electrons. The van der Waals surface area contributed by atoms with Gasteiger partial charge < -0.3 is 4.57 Å². The molecule has 0 aliphatic carbocycles. The lowest BCUT2D eigenvalue weighted by molar-refractivity contribution is 0.419. The first-order valence-corrected chi connectivity index (χ1v) is 6.91. The number of hydrogen-bond donors (Lipinski definition) is 0. The highest BCUT2D eigenvalue weighted by atomic mass is 35.5. The summed E-state index contributed by atoms with van der Waals surface area (Å²) >= 11 is 12.2. The van der Waals surface area contributed by atoms with Gasteiger partial charge in [-0.15, -0.1) is 0 Å². The van der Waals surface area contributed by atoms with Crippen molar-refractivity contribution in [2.75, 3.05) is 0 Å². The second kappa shape index (κ2) is 4.60. The molecule has 0 spiro atoms. The fraction of sp³-hybridized carbons (Fsp3) is 0.357. The van der Waals surface area contributed by atoms with Crippen molar-refractivity contribution in [1.29, 1.82) is 0 Å². The minimum Gasteiger partial charge on any atom is -0.327 e. The molecule has 18 heavy (non-hydrogen) atoms. The second-order valence-electron chi connectivity index (χ2n) is 4.93. The molecule has 3 rings (SSSR count). The number of hydrogen-bond acceptors (Lipinski definition) is 1. The summed E-state index contributed by atoms with van der Waals surface area (Å²) in [5.74, 6) is 1.64. The van der Waals surface area contributed by atoms with E-state index in [1.54, 1.807) is 0 Å². The zero-order valence-corrected chi connectivity index (χ0v) is 11.7. The minimum absolute atomic E-state index is 0.645. The van der Waals surface area contributed by atoms with E-state index in [2.05, 4.69) is 16.5 Å². The molecular formula is C14H14Cl2N2. The van der Waals surface area contributed by atoms with Gasteiger partial charge in [-0.1, -0.05) is 30.1 Å². The third-order valence-corrected chi connectivity index (χ3v) is 4.07. The summed E-state index contributed by atoms with van der Waals surface area (Å²) in [6.07, 6.45) is 2.19. The molecule has 0 saturated heterocycles. The molecule has 0 radical (unpaired) electrons. The van der Waals surface area contributed by atoms with Crippen molar-refractivity contribution >= 4 is 23.2 Å². The molecule has 1 aliphatic heterocycles. The number of rotatable bonds is 1. The molecule has 0 amide bonds. The smallest absolute Gasteiger partial charge is 0.150 e. The Morgan fingerprint density at radius 1 is 1.22 bits per heavy atom. The molecule has 0 N–H and O–H groups in total. The molecule has 2 nitrogen and oxygen atoms in total. The van der Waals surface area contributed by atoms with Gasteiger partial charge in [-0.25, -0.2) is 4.98 Å². The van der Waals surface area contributed by atoms with Crippen molar-refractivity contribution in [2.45, 2.75) is 26.3 Å². The van der Waals surface area contributed by atoms with Crippen LogP contribution in [0.3, 0.4) is 0 Å². The van der Waals surface area contributed by atoms with Gasteiger partial charge in [0.1, 0.15) is 5.82 Å². The molecular weight excluding hydrogens is 267 g/mol. The minimum atomic E-state index is 0.645. The fourth-order valence-corrected chi connectivity index (χ4v) is 2.88. The van der Waals surface area contributed by atoms with Crippen molar-refractivity contribution in [1.82, 2.24) is 9.55 Å². The Balaban J connectivity index is 2.08. The van der Waals surface area contributed by atoms with Crippen LogP contribution in [-0.2, 0) is 13.0 Å². The SMILES string of the molecule is CC1CCn2c(-c3ccc(Cl)cc3)nc(Cl)c2C1. The predicted octanol–water partition coefficient (Wildman–Crippen LogP) is 4.44. The van der Waals surface area contributed by atoms with Crippen molar-refractivity contribution in [3.05, 3.63) is 40.1 Å². The van der Waals surface area contributed by atoms with E-state index < -0.39 is 0 Å². The molecule has 0 fully saturated rings. The number of fused-ring (bicyclic) bond motifs is 1. The first-order chi connectivity index (χ1) is 8.65. The van der Waals surface area contributed by atoms with Crippen molar-refractivity contribution in [2.24, 2.45) is 5.92 Å². The van der Waals surface area contributed by atoms with E-state index >= 15 is 0 Å². The predicted molar refractivity (Wildman–Crippen MR) is 75.2 cm³/mol. The van der Waals surface area contributed by atoms with Gasteiger partial charge in [0.2, 0.25) is 0 Å². The van der Waals surface area contributed by atoms with E-state index in [0.717, 1.165) is 29.4 Å². The zero-order chi connectivity index (χ0) is 12.7. The van der Waals surface area contributed by atoms with Crippen LogP contribution in [0, 0.1) is 5.92 Å². The zero-order valence-electron chi connectivity index (χ0n) is 10.2. The second-order valence-corrected chi connectivity index (χ2v) is 5.72. The normalized spacial score (nSPS) is 18.7. The van der Waals surface area contributed by atoms with E-state index in [1.807, 2.05) is 24.3 Å². The highest BCUT2D eigenvalue weighted by Gasteiger charge is 2.23. The first-order valence-electron chi connectivity index (χ1n) is 6.16. The molecule has 2 aromatic rings. The number of imidazole rings is 1. The maximum atomic E-state index is 6.25. The van der Waals surface area contributed by atoms with Crippen LogP contribution >= 0.6 is 23.2 Å². The Morgan fingerprint density at radius 3 is 2.67 bits per heavy atom. The molecule has 1 atom stereocenters. The Morgan fingerprint density at radius 2 is 1.94 bits per heavy atom. The van der Waals surface area contributed by atoms with Gasteiger partial charge in [0.15, 0.2) is 5.15 Å². The van der Waals surface area contributed by atoms with Crippen LogP contribution in [0.15, 0.2) is 24.3 Å². The summed E-state index contributed by atoms with van der Waals surface area (Å²) in [7, 11) is 0. The van der Waals surface area contributed by atoms with Crippen LogP contribution in [0.25, 0.3) is 11.4 Å². The van der Waals surface area contributed by atoms with Gasteiger partial charge in [-0.2, -0.15) is 0 Å². The summed E-state index contributed by atoms with van der Waals surface area (Å²) in [6.45, 7) is 3.25. The number of benzene rings is 1. The lowest BCUT2D eigenvalue weighted by atomic mass is 9.98. The Bertz CT molecular complexity index is 572. The van der Waals surface area contributed by atoms with Crippen LogP contribution in [0.4, 0.5) is 0 Å². The average molecular weight is 281 g/mol. The molecule has 0 bridgehead atoms. The monoisotopic (exact) mass is 280 g/mol.